The largest absolute Gasteiger partial charge is 0.392 e. The molecule has 92 valence electrons. The maximum absolute atomic E-state index is 9.56. The van der Waals surface area contributed by atoms with Crippen LogP contribution < -0.4 is 5.32 Å². The third kappa shape index (κ3) is 8.81. The van der Waals surface area contributed by atoms with Gasteiger partial charge in [0, 0.05) is 13.1 Å². The van der Waals surface area contributed by atoms with Gasteiger partial charge in [0.2, 0.25) is 0 Å². The summed E-state index contributed by atoms with van der Waals surface area (Å²) in [6.07, 6.45) is 1.20. The lowest BCUT2D eigenvalue weighted by Gasteiger charge is -2.25. The molecular formula is C11H26N2O2. The number of aliphatic hydroxyl groups excluding tert-OH is 2. The molecule has 4 nitrogen and oxygen atoms in total. The molecule has 0 bridgehead atoms. The van der Waals surface area contributed by atoms with Gasteiger partial charge in [-0.2, -0.15) is 0 Å². The van der Waals surface area contributed by atoms with Crippen LogP contribution in [0.5, 0.6) is 0 Å². The van der Waals surface area contributed by atoms with Gasteiger partial charge in [0.25, 0.3) is 0 Å². The highest BCUT2D eigenvalue weighted by atomic mass is 16.3. The van der Waals surface area contributed by atoms with Crippen LogP contribution in [-0.4, -0.2) is 60.5 Å². The highest BCUT2D eigenvalue weighted by molar-refractivity contribution is 4.66. The topological polar surface area (TPSA) is 55.7 Å². The van der Waals surface area contributed by atoms with E-state index in [1.54, 1.807) is 6.92 Å². The van der Waals surface area contributed by atoms with Crippen LogP contribution in [0.4, 0.5) is 0 Å². The molecule has 0 aromatic carbocycles. The average Bonchev–Trinajstić information content (AvgIpc) is 2.17. The van der Waals surface area contributed by atoms with Gasteiger partial charge in [0.05, 0.1) is 12.2 Å². The Hall–Kier alpha value is -0.160. The molecule has 2 unspecified atom stereocenters. The van der Waals surface area contributed by atoms with Crippen molar-refractivity contribution < 1.29 is 10.2 Å². The van der Waals surface area contributed by atoms with Gasteiger partial charge in [0.15, 0.2) is 0 Å². The zero-order valence-corrected chi connectivity index (χ0v) is 10.2. The summed E-state index contributed by atoms with van der Waals surface area (Å²) in [7, 11) is 1.93. The minimum absolute atomic E-state index is 0.279. The molecule has 0 aromatic rings. The van der Waals surface area contributed by atoms with E-state index in [4.69, 9.17) is 0 Å². The van der Waals surface area contributed by atoms with Gasteiger partial charge in [-0.15, -0.1) is 0 Å². The molecule has 0 rings (SSSR count). The Morgan fingerprint density at radius 2 is 1.93 bits per heavy atom. The van der Waals surface area contributed by atoms with Crippen LogP contribution >= 0.6 is 0 Å². The lowest BCUT2D eigenvalue weighted by atomic mass is 10.2. The number of hydrogen-bond acceptors (Lipinski definition) is 4. The second-order valence-electron chi connectivity index (χ2n) is 4.13. The molecule has 0 amide bonds. The van der Waals surface area contributed by atoms with Gasteiger partial charge in [-0.25, -0.2) is 0 Å². The third-order valence-corrected chi connectivity index (χ3v) is 2.36. The SMILES string of the molecule is CCC(O)CN(CCCNC)CC(C)O. The van der Waals surface area contributed by atoms with Crippen molar-refractivity contribution in [1.29, 1.82) is 0 Å². The summed E-state index contributed by atoms with van der Waals surface area (Å²) in [6, 6.07) is 0. The Morgan fingerprint density at radius 3 is 2.40 bits per heavy atom. The van der Waals surface area contributed by atoms with Crippen molar-refractivity contribution in [2.24, 2.45) is 0 Å². The molecule has 2 atom stereocenters. The van der Waals surface area contributed by atoms with E-state index in [1.807, 2.05) is 14.0 Å². The van der Waals surface area contributed by atoms with Crippen LogP contribution in [0.25, 0.3) is 0 Å². The second-order valence-corrected chi connectivity index (χ2v) is 4.13. The molecule has 4 heteroatoms. The number of hydrogen-bond donors (Lipinski definition) is 3. The highest BCUT2D eigenvalue weighted by Gasteiger charge is 2.11. The molecule has 0 aromatic heterocycles. The fourth-order valence-corrected chi connectivity index (χ4v) is 1.54. The number of nitrogens with zero attached hydrogens (tertiary/aromatic N) is 1. The first kappa shape index (κ1) is 14.8. The molecule has 15 heavy (non-hydrogen) atoms. The zero-order chi connectivity index (χ0) is 11.7. The van der Waals surface area contributed by atoms with Gasteiger partial charge >= 0.3 is 0 Å². The van der Waals surface area contributed by atoms with E-state index >= 15 is 0 Å². The Morgan fingerprint density at radius 1 is 1.27 bits per heavy atom. The van der Waals surface area contributed by atoms with E-state index in [-0.39, 0.29) is 12.2 Å². The summed E-state index contributed by atoms with van der Waals surface area (Å²) in [5.74, 6) is 0. The predicted octanol–water partition coefficient (Wildman–Crippen LogP) is 0.0496. The van der Waals surface area contributed by atoms with Crippen LogP contribution in [0.1, 0.15) is 26.7 Å². The van der Waals surface area contributed by atoms with Crippen LogP contribution in [-0.2, 0) is 0 Å². The van der Waals surface area contributed by atoms with E-state index in [9.17, 15) is 10.2 Å². The van der Waals surface area contributed by atoms with Gasteiger partial charge in [0.1, 0.15) is 0 Å². The van der Waals surface area contributed by atoms with Crippen molar-refractivity contribution >= 4 is 0 Å². The second kappa shape index (κ2) is 9.09. The predicted molar refractivity (Wildman–Crippen MR) is 63.0 cm³/mol. The van der Waals surface area contributed by atoms with Gasteiger partial charge < -0.3 is 15.5 Å². The molecule has 0 aliphatic carbocycles. The van der Waals surface area contributed by atoms with Crippen LogP contribution in [0.2, 0.25) is 0 Å². The first-order chi connectivity index (χ1) is 7.10. The highest BCUT2D eigenvalue weighted by Crippen LogP contribution is 1.99. The van der Waals surface area contributed by atoms with E-state index in [1.165, 1.54) is 0 Å². The maximum Gasteiger partial charge on any atom is 0.0664 e. The minimum atomic E-state index is -0.330. The van der Waals surface area contributed by atoms with Crippen molar-refractivity contribution in [2.45, 2.75) is 38.9 Å². The molecular weight excluding hydrogens is 192 g/mol. The molecule has 0 saturated carbocycles. The quantitative estimate of drug-likeness (QED) is 0.479. The van der Waals surface area contributed by atoms with E-state index in [2.05, 4.69) is 10.2 Å². The van der Waals surface area contributed by atoms with Crippen molar-refractivity contribution in [1.82, 2.24) is 10.2 Å². The van der Waals surface area contributed by atoms with E-state index in [0.717, 1.165) is 25.9 Å². The van der Waals surface area contributed by atoms with Crippen molar-refractivity contribution in [3.63, 3.8) is 0 Å². The van der Waals surface area contributed by atoms with Crippen molar-refractivity contribution in [2.75, 3.05) is 33.2 Å². The number of rotatable bonds is 9. The van der Waals surface area contributed by atoms with E-state index < -0.39 is 0 Å². The molecule has 3 N–H and O–H groups in total. The third-order valence-electron chi connectivity index (χ3n) is 2.36. The summed E-state index contributed by atoms with van der Waals surface area (Å²) in [5.41, 5.74) is 0. The fourth-order valence-electron chi connectivity index (χ4n) is 1.54. The Labute approximate surface area is 93.3 Å². The molecule has 0 fully saturated rings. The minimum Gasteiger partial charge on any atom is -0.392 e. The summed E-state index contributed by atoms with van der Waals surface area (Å²) in [6.45, 7) is 6.94. The normalized spacial score (nSPS) is 15.6. The van der Waals surface area contributed by atoms with E-state index in [0.29, 0.717) is 13.1 Å². The molecule has 0 aliphatic heterocycles. The van der Waals surface area contributed by atoms with Gasteiger partial charge in [-0.3, -0.25) is 4.90 Å². The van der Waals surface area contributed by atoms with Crippen LogP contribution in [0.3, 0.4) is 0 Å². The number of nitrogens with one attached hydrogen (secondary N) is 1. The Kier molecular flexibility index (Phi) is 9.00. The molecule has 0 spiro atoms. The average molecular weight is 218 g/mol. The summed E-state index contributed by atoms with van der Waals surface area (Å²) >= 11 is 0. The standard InChI is InChI=1S/C11H26N2O2/c1-4-11(15)9-13(8-10(2)14)7-5-6-12-3/h10-12,14-15H,4-9H2,1-3H3. The summed E-state index contributed by atoms with van der Waals surface area (Å²) < 4.78 is 0. The lowest BCUT2D eigenvalue weighted by molar-refractivity contribution is 0.0737. The van der Waals surface area contributed by atoms with Gasteiger partial charge in [-0.1, -0.05) is 6.92 Å². The first-order valence-corrected chi connectivity index (χ1v) is 5.83. The fraction of sp³-hybridized carbons (Fsp3) is 1.00. The summed E-state index contributed by atoms with van der Waals surface area (Å²) in [5, 5.41) is 22.0. The van der Waals surface area contributed by atoms with Crippen LogP contribution in [0, 0.1) is 0 Å². The molecule has 0 radical (unpaired) electrons. The Bertz CT molecular complexity index is 143. The van der Waals surface area contributed by atoms with Gasteiger partial charge in [-0.05, 0) is 39.9 Å². The molecule has 0 saturated heterocycles. The monoisotopic (exact) mass is 218 g/mol. The first-order valence-electron chi connectivity index (χ1n) is 5.83. The van der Waals surface area contributed by atoms with Crippen molar-refractivity contribution in [3.8, 4) is 0 Å². The lowest BCUT2D eigenvalue weighted by Crippen LogP contribution is -2.38. The van der Waals surface area contributed by atoms with Crippen molar-refractivity contribution in [3.05, 3.63) is 0 Å². The molecule has 0 aliphatic rings. The van der Waals surface area contributed by atoms with Crippen LogP contribution in [0.15, 0.2) is 0 Å². The molecule has 0 heterocycles. The maximum atomic E-state index is 9.56. The summed E-state index contributed by atoms with van der Waals surface area (Å²) in [4.78, 5) is 2.12. The number of aliphatic hydroxyl groups is 2. The Balaban J connectivity index is 3.83. The smallest absolute Gasteiger partial charge is 0.0664 e. The zero-order valence-electron chi connectivity index (χ0n) is 10.2.